The third-order valence-electron chi connectivity index (χ3n) is 3.21. The van der Waals surface area contributed by atoms with Gasteiger partial charge in [-0.15, -0.1) is 0 Å². The highest BCUT2D eigenvalue weighted by Gasteiger charge is 2.20. The molecule has 0 atom stereocenters. The Morgan fingerprint density at radius 2 is 2.38 bits per heavy atom. The lowest BCUT2D eigenvalue weighted by Crippen LogP contribution is -2.39. The van der Waals surface area contributed by atoms with E-state index in [2.05, 4.69) is 15.6 Å². The zero-order valence-electron chi connectivity index (χ0n) is 12.4. The highest BCUT2D eigenvalue weighted by atomic mass is 16.5. The van der Waals surface area contributed by atoms with Crippen LogP contribution in [0.15, 0.2) is 6.20 Å². The Labute approximate surface area is 123 Å². The first-order valence-electron chi connectivity index (χ1n) is 6.94. The minimum absolute atomic E-state index is 0.00182. The van der Waals surface area contributed by atoms with E-state index >= 15 is 0 Å². The third-order valence-corrected chi connectivity index (χ3v) is 3.21. The number of carbonyl (C=O) groups excluding carboxylic acids is 2. The van der Waals surface area contributed by atoms with Gasteiger partial charge in [-0.3, -0.25) is 9.59 Å². The molecule has 2 rings (SSSR count). The number of amides is 2. The summed E-state index contributed by atoms with van der Waals surface area (Å²) in [5, 5.41) is 5.81. The average molecular weight is 295 g/mol. The van der Waals surface area contributed by atoms with E-state index in [9.17, 15) is 9.59 Å². The molecule has 0 aromatic carbocycles. The van der Waals surface area contributed by atoms with Crippen molar-refractivity contribution >= 4 is 17.8 Å². The van der Waals surface area contributed by atoms with Crippen molar-refractivity contribution in [2.75, 3.05) is 45.7 Å². The molecule has 0 spiro atoms. The molecular formula is C13H21N5O3. The van der Waals surface area contributed by atoms with Gasteiger partial charge in [0, 0.05) is 40.0 Å². The first-order valence-corrected chi connectivity index (χ1v) is 6.94. The number of carbonyl (C=O) groups is 2. The number of ether oxygens (including phenoxy) is 1. The van der Waals surface area contributed by atoms with Gasteiger partial charge in [0.2, 0.25) is 11.9 Å². The van der Waals surface area contributed by atoms with Gasteiger partial charge in [-0.25, -0.2) is 4.98 Å². The van der Waals surface area contributed by atoms with Crippen molar-refractivity contribution in [2.45, 2.75) is 13.0 Å². The van der Waals surface area contributed by atoms with E-state index in [1.807, 2.05) is 4.57 Å². The molecular weight excluding hydrogens is 274 g/mol. The van der Waals surface area contributed by atoms with E-state index in [1.54, 1.807) is 20.4 Å². The molecule has 0 bridgehead atoms. The fraction of sp³-hybridized carbons (Fsp3) is 0.615. The van der Waals surface area contributed by atoms with E-state index in [0.717, 1.165) is 19.5 Å². The van der Waals surface area contributed by atoms with Crippen molar-refractivity contribution in [3.05, 3.63) is 11.9 Å². The largest absolute Gasteiger partial charge is 0.383 e. The monoisotopic (exact) mass is 295 g/mol. The number of likely N-dealkylation sites (N-methyl/N-ethyl adjacent to an activating group) is 1. The molecule has 0 aliphatic carbocycles. The van der Waals surface area contributed by atoms with Crippen molar-refractivity contribution in [3.8, 4) is 0 Å². The predicted molar refractivity (Wildman–Crippen MR) is 77.2 cm³/mol. The Hall–Kier alpha value is -2.09. The second kappa shape index (κ2) is 7.07. The molecule has 1 aromatic heterocycles. The Morgan fingerprint density at radius 3 is 3.10 bits per heavy atom. The molecule has 1 aromatic rings. The SMILES string of the molecule is COCCNC(=O)CN(C)C(=O)c1cn2c(n1)NCCC2. The van der Waals surface area contributed by atoms with Crippen LogP contribution in [0.2, 0.25) is 0 Å². The van der Waals surface area contributed by atoms with Gasteiger partial charge in [-0.1, -0.05) is 0 Å². The standard InChI is InChI=1S/C13H21N5O3/c1-17(9-11(19)14-5-7-21-2)12(20)10-8-18-6-3-4-15-13(18)16-10/h8H,3-7,9H2,1-2H3,(H,14,19)(H,15,16). The summed E-state index contributed by atoms with van der Waals surface area (Å²) in [6, 6.07) is 0. The summed E-state index contributed by atoms with van der Waals surface area (Å²) in [5.41, 5.74) is 0.353. The normalized spacial score (nSPS) is 13.2. The molecule has 0 fully saturated rings. The smallest absolute Gasteiger partial charge is 0.274 e. The topological polar surface area (TPSA) is 88.5 Å². The number of imidazole rings is 1. The minimum atomic E-state index is -0.263. The summed E-state index contributed by atoms with van der Waals surface area (Å²) in [6.07, 6.45) is 2.73. The van der Waals surface area contributed by atoms with Crippen molar-refractivity contribution in [1.82, 2.24) is 19.8 Å². The van der Waals surface area contributed by atoms with Gasteiger partial charge >= 0.3 is 0 Å². The van der Waals surface area contributed by atoms with Crippen LogP contribution in [0.5, 0.6) is 0 Å². The second-order valence-corrected chi connectivity index (χ2v) is 4.93. The number of nitrogens with one attached hydrogen (secondary N) is 2. The van der Waals surface area contributed by atoms with Crippen molar-refractivity contribution in [2.24, 2.45) is 0 Å². The van der Waals surface area contributed by atoms with Crippen LogP contribution < -0.4 is 10.6 Å². The average Bonchev–Trinajstić information content (AvgIpc) is 2.90. The van der Waals surface area contributed by atoms with Gasteiger partial charge in [-0.2, -0.15) is 0 Å². The number of hydrogen-bond acceptors (Lipinski definition) is 5. The molecule has 8 nitrogen and oxygen atoms in total. The zero-order valence-corrected chi connectivity index (χ0v) is 12.4. The number of methoxy groups -OCH3 is 1. The van der Waals surface area contributed by atoms with Crippen LogP contribution in [0.1, 0.15) is 16.9 Å². The number of aryl methyl sites for hydroxylation is 1. The molecule has 2 heterocycles. The van der Waals surface area contributed by atoms with Gasteiger partial charge in [0.25, 0.3) is 5.91 Å². The summed E-state index contributed by atoms with van der Waals surface area (Å²) in [5.74, 6) is 0.230. The molecule has 0 radical (unpaired) electrons. The highest BCUT2D eigenvalue weighted by Crippen LogP contribution is 2.14. The summed E-state index contributed by atoms with van der Waals surface area (Å²) in [7, 11) is 3.15. The summed E-state index contributed by atoms with van der Waals surface area (Å²) in [6.45, 7) is 2.59. The van der Waals surface area contributed by atoms with Gasteiger partial charge in [-0.05, 0) is 6.42 Å². The van der Waals surface area contributed by atoms with Crippen molar-refractivity contribution in [3.63, 3.8) is 0 Å². The van der Waals surface area contributed by atoms with Gasteiger partial charge in [0.15, 0.2) is 0 Å². The maximum Gasteiger partial charge on any atom is 0.274 e. The maximum absolute atomic E-state index is 12.2. The molecule has 8 heteroatoms. The Balaban J connectivity index is 1.89. The molecule has 0 saturated heterocycles. The minimum Gasteiger partial charge on any atom is -0.383 e. The molecule has 1 aliphatic rings. The molecule has 0 unspecified atom stereocenters. The Kier molecular flexibility index (Phi) is 5.15. The molecule has 0 saturated carbocycles. The summed E-state index contributed by atoms with van der Waals surface area (Å²) in [4.78, 5) is 29.5. The first kappa shape index (κ1) is 15.3. The molecule has 2 N–H and O–H groups in total. The number of anilines is 1. The molecule has 1 aliphatic heterocycles. The summed E-state index contributed by atoms with van der Waals surface area (Å²) >= 11 is 0. The Morgan fingerprint density at radius 1 is 1.57 bits per heavy atom. The van der Waals surface area contributed by atoms with Crippen LogP contribution in [0, 0.1) is 0 Å². The second-order valence-electron chi connectivity index (χ2n) is 4.93. The van der Waals surface area contributed by atoms with E-state index < -0.39 is 0 Å². The molecule has 21 heavy (non-hydrogen) atoms. The van der Waals surface area contributed by atoms with Crippen molar-refractivity contribution in [1.29, 1.82) is 0 Å². The third kappa shape index (κ3) is 3.94. The molecule has 116 valence electrons. The predicted octanol–water partition coefficient (Wildman–Crippen LogP) is -0.467. The van der Waals surface area contributed by atoms with E-state index in [0.29, 0.717) is 24.8 Å². The fourth-order valence-corrected chi connectivity index (χ4v) is 2.11. The lowest BCUT2D eigenvalue weighted by Gasteiger charge is -2.15. The number of fused-ring (bicyclic) bond motifs is 1. The van der Waals surface area contributed by atoms with Crippen LogP contribution in [0.4, 0.5) is 5.95 Å². The lowest BCUT2D eigenvalue weighted by molar-refractivity contribution is -0.121. The van der Waals surface area contributed by atoms with Crippen LogP contribution >= 0.6 is 0 Å². The van der Waals surface area contributed by atoms with Gasteiger partial charge in [0.05, 0.1) is 13.2 Å². The van der Waals surface area contributed by atoms with Gasteiger partial charge < -0.3 is 24.8 Å². The van der Waals surface area contributed by atoms with Crippen LogP contribution in [-0.2, 0) is 16.1 Å². The molecule has 2 amide bonds. The lowest BCUT2D eigenvalue weighted by atomic mass is 10.3. The quantitative estimate of drug-likeness (QED) is 0.693. The van der Waals surface area contributed by atoms with Gasteiger partial charge in [0.1, 0.15) is 5.69 Å². The summed E-state index contributed by atoms with van der Waals surface area (Å²) < 4.78 is 6.77. The number of aromatic nitrogens is 2. The number of nitrogens with zero attached hydrogens (tertiary/aromatic N) is 3. The van der Waals surface area contributed by atoms with E-state index in [-0.39, 0.29) is 18.4 Å². The zero-order chi connectivity index (χ0) is 15.2. The van der Waals surface area contributed by atoms with Crippen LogP contribution in [-0.4, -0.2) is 66.7 Å². The van der Waals surface area contributed by atoms with Crippen molar-refractivity contribution < 1.29 is 14.3 Å². The fourth-order valence-electron chi connectivity index (χ4n) is 2.11. The Bertz CT molecular complexity index is 490. The number of rotatable bonds is 6. The van der Waals surface area contributed by atoms with Crippen LogP contribution in [0.3, 0.4) is 0 Å². The highest BCUT2D eigenvalue weighted by molar-refractivity contribution is 5.95. The number of hydrogen-bond donors (Lipinski definition) is 2. The van der Waals surface area contributed by atoms with E-state index in [1.165, 1.54) is 4.90 Å². The van der Waals surface area contributed by atoms with E-state index in [4.69, 9.17) is 4.74 Å². The first-order chi connectivity index (χ1) is 10.1. The maximum atomic E-state index is 12.2. The van der Waals surface area contributed by atoms with Crippen LogP contribution in [0.25, 0.3) is 0 Å².